The molecule has 1 aromatic rings. The van der Waals surface area contributed by atoms with Gasteiger partial charge in [0.2, 0.25) is 0 Å². The average Bonchev–Trinajstić information content (AvgIpc) is 2.39. The van der Waals surface area contributed by atoms with Crippen LogP contribution >= 0.6 is 15.9 Å². The molecule has 0 amide bonds. The van der Waals surface area contributed by atoms with Crippen molar-refractivity contribution in [3.05, 3.63) is 22.2 Å². The summed E-state index contributed by atoms with van der Waals surface area (Å²) < 4.78 is 11.5. The molecule has 0 heterocycles. The number of ketones is 1. The highest BCUT2D eigenvalue weighted by Crippen LogP contribution is 2.34. The summed E-state index contributed by atoms with van der Waals surface area (Å²) in [4.78, 5) is 22.5. The van der Waals surface area contributed by atoms with E-state index in [1.807, 2.05) is 13.8 Å². The van der Waals surface area contributed by atoms with Gasteiger partial charge in [-0.3, -0.25) is 9.59 Å². The van der Waals surface area contributed by atoms with Gasteiger partial charge in [0.15, 0.2) is 17.3 Å². The number of halogens is 1. The van der Waals surface area contributed by atoms with Crippen molar-refractivity contribution in [2.45, 2.75) is 26.7 Å². The van der Waals surface area contributed by atoms with Gasteiger partial charge in [0, 0.05) is 16.5 Å². The number of carbonyl (C=O) groups is 2. The van der Waals surface area contributed by atoms with Gasteiger partial charge >= 0.3 is 5.97 Å². The van der Waals surface area contributed by atoms with Gasteiger partial charge in [-0.25, -0.2) is 0 Å². The molecule has 1 rings (SSSR count). The molecule has 0 saturated heterocycles. The van der Waals surface area contributed by atoms with E-state index >= 15 is 0 Å². The van der Waals surface area contributed by atoms with Crippen LogP contribution in [0, 0.1) is 0 Å². The Balaban J connectivity index is 3.04. The second-order valence-electron chi connectivity index (χ2n) is 3.96. The van der Waals surface area contributed by atoms with E-state index in [1.54, 1.807) is 12.1 Å². The molecule has 20 heavy (non-hydrogen) atoms. The highest BCUT2D eigenvalue weighted by atomic mass is 79.9. The van der Waals surface area contributed by atoms with Crippen LogP contribution in [-0.2, 0) is 4.79 Å². The Bertz CT molecular complexity index is 499. The molecular formula is C14H17BrO5. The second kappa shape index (κ2) is 7.89. The lowest BCUT2D eigenvalue weighted by Gasteiger charge is -2.13. The zero-order valence-corrected chi connectivity index (χ0v) is 13.0. The summed E-state index contributed by atoms with van der Waals surface area (Å²) in [5, 5.41) is 8.62. The number of carboxylic acid groups (broad SMARTS) is 1. The SMILES string of the molecule is CCOc1cc(Br)c(C(=O)CCC(=O)O)cc1OCC. The number of ether oxygens (including phenoxy) is 2. The van der Waals surface area contributed by atoms with Crippen LogP contribution in [0.4, 0.5) is 0 Å². The van der Waals surface area contributed by atoms with Gasteiger partial charge in [-0.15, -0.1) is 0 Å². The highest BCUT2D eigenvalue weighted by Gasteiger charge is 2.16. The summed E-state index contributed by atoms with van der Waals surface area (Å²) in [6.45, 7) is 4.63. The first kappa shape index (κ1) is 16.5. The minimum absolute atomic E-state index is 0.0481. The first-order chi connectivity index (χ1) is 9.49. The number of hydrogen-bond donors (Lipinski definition) is 1. The van der Waals surface area contributed by atoms with Crippen LogP contribution in [0.1, 0.15) is 37.0 Å². The fourth-order valence-electron chi connectivity index (χ4n) is 1.64. The fourth-order valence-corrected chi connectivity index (χ4v) is 2.18. The van der Waals surface area contributed by atoms with Gasteiger partial charge in [-0.05, 0) is 41.9 Å². The number of carbonyl (C=O) groups excluding carboxylic acids is 1. The Morgan fingerprint density at radius 1 is 1.10 bits per heavy atom. The van der Waals surface area contributed by atoms with Crippen molar-refractivity contribution < 1.29 is 24.2 Å². The third kappa shape index (κ3) is 4.52. The van der Waals surface area contributed by atoms with E-state index in [2.05, 4.69) is 15.9 Å². The molecule has 110 valence electrons. The van der Waals surface area contributed by atoms with Crippen LogP contribution < -0.4 is 9.47 Å². The molecular weight excluding hydrogens is 328 g/mol. The molecule has 5 nitrogen and oxygen atoms in total. The van der Waals surface area contributed by atoms with E-state index in [0.717, 1.165) is 0 Å². The minimum Gasteiger partial charge on any atom is -0.490 e. The van der Waals surface area contributed by atoms with Crippen LogP contribution in [-0.4, -0.2) is 30.1 Å². The summed E-state index contributed by atoms with van der Waals surface area (Å²) in [6.07, 6.45) is -0.240. The number of carboxylic acids is 1. The maximum absolute atomic E-state index is 12.0. The van der Waals surface area contributed by atoms with Crippen LogP contribution in [0.3, 0.4) is 0 Å². The molecule has 1 aromatic carbocycles. The van der Waals surface area contributed by atoms with Crippen molar-refractivity contribution in [1.29, 1.82) is 0 Å². The largest absolute Gasteiger partial charge is 0.490 e. The normalized spacial score (nSPS) is 10.2. The Hall–Kier alpha value is -1.56. The molecule has 0 radical (unpaired) electrons. The Morgan fingerprint density at radius 3 is 2.15 bits per heavy atom. The predicted molar refractivity (Wildman–Crippen MR) is 77.7 cm³/mol. The average molecular weight is 345 g/mol. The van der Waals surface area contributed by atoms with Crippen molar-refractivity contribution in [2.75, 3.05) is 13.2 Å². The molecule has 0 aromatic heterocycles. The summed E-state index contributed by atoms with van der Waals surface area (Å²) in [5.41, 5.74) is 0.401. The lowest BCUT2D eigenvalue weighted by Crippen LogP contribution is -2.06. The van der Waals surface area contributed by atoms with Gasteiger partial charge in [0.1, 0.15) is 0 Å². The van der Waals surface area contributed by atoms with Gasteiger partial charge in [-0.2, -0.15) is 0 Å². The van der Waals surface area contributed by atoms with Crippen LogP contribution in [0.5, 0.6) is 11.5 Å². The molecule has 0 aliphatic carbocycles. The summed E-state index contributed by atoms with van der Waals surface area (Å²) in [6, 6.07) is 3.26. The maximum Gasteiger partial charge on any atom is 0.303 e. The minimum atomic E-state index is -0.995. The van der Waals surface area contributed by atoms with E-state index in [4.69, 9.17) is 14.6 Å². The standard InChI is InChI=1S/C14H17BrO5/c1-3-19-12-7-9(11(16)5-6-14(17)18)10(15)8-13(12)20-4-2/h7-8H,3-6H2,1-2H3,(H,17,18). The molecule has 0 spiro atoms. The van der Waals surface area contributed by atoms with Crippen molar-refractivity contribution >= 4 is 27.7 Å². The Morgan fingerprint density at radius 2 is 1.65 bits per heavy atom. The molecule has 0 fully saturated rings. The number of benzene rings is 1. The zero-order chi connectivity index (χ0) is 15.1. The molecule has 6 heteroatoms. The van der Waals surface area contributed by atoms with Gasteiger partial charge in [0.05, 0.1) is 19.6 Å². The Labute approximate surface area is 126 Å². The van der Waals surface area contributed by atoms with E-state index in [9.17, 15) is 9.59 Å². The number of hydrogen-bond acceptors (Lipinski definition) is 4. The first-order valence-corrected chi connectivity index (χ1v) is 7.13. The number of Topliss-reactive ketones (excluding diaryl/α,β-unsaturated/α-hetero) is 1. The lowest BCUT2D eigenvalue weighted by molar-refractivity contribution is -0.136. The zero-order valence-electron chi connectivity index (χ0n) is 11.4. The monoisotopic (exact) mass is 344 g/mol. The van der Waals surface area contributed by atoms with Crippen molar-refractivity contribution in [3.8, 4) is 11.5 Å². The van der Waals surface area contributed by atoms with Crippen molar-refractivity contribution in [3.63, 3.8) is 0 Å². The smallest absolute Gasteiger partial charge is 0.303 e. The predicted octanol–water partition coefficient (Wildman–Crippen LogP) is 3.29. The van der Waals surface area contributed by atoms with Crippen LogP contribution in [0.15, 0.2) is 16.6 Å². The van der Waals surface area contributed by atoms with Crippen molar-refractivity contribution in [1.82, 2.24) is 0 Å². The number of aliphatic carboxylic acids is 1. The topological polar surface area (TPSA) is 72.8 Å². The Kier molecular flexibility index (Phi) is 6.51. The first-order valence-electron chi connectivity index (χ1n) is 6.33. The van der Waals surface area contributed by atoms with E-state index in [0.29, 0.717) is 34.7 Å². The van der Waals surface area contributed by atoms with E-state index in [-0.39, 0.29) is 18.6 Å². The summed E-state index contributed by atoms with van der Waals surface area (Å²) >= 11 is 3.31. The van der Waals surface area contributed by atoms with Gasteiger partial charge < -0.3 is 14.6 Å². The second-order valence-corrected chi connectivity index (χ2v) is 4.82. The molecule has 1 N–H and O–H groups in total. The van der Waals surface area contributed by atoms with Crippen molar-refractivity contribution in [2.24, 2.45) is 0 Å². The quantitative estimate of drug-likeness (QED) is 0.732. The van der Waals surface area contributed by atoms with Gasteiger partial charge in [0.25, 0.3) is 0 Å². The van der Waals surface area contributed by atoms with Gasteiger partial charge in [-0.1, -0.05) is 0 Å². The number of rotatable bonds is 8. The van der Waals surface area contributed by atoms with Crippen LogP contribution in [0.2, 0.25) is 0 Å². The molecule has 0 atom stereocenters. The van der Waals surface area contributed by atoms with E-state index < -0.39 is 5.97 Å². The molecule has 0 aliphatic rings. The maximum atomic E-state index is 12.0. The molecule has 0 saturated carbocycles. The third-order valence-electron chi connectivity index (χ3n) is 2.50. The molecule has 0 aliphatic heterocycles. The third-order valence-corrected chi connectivity index (χ3v) is 3.16. The lowest BCUT2D eigenvalue weighted by atomic mass is 10.1. The molecule has 0 bridgehead atoms. The summed E-state index contributed by atoms with van der Waals surface area (Å²) in [7, 11) is 0. The molecule has 0 unspecified atom stereocenters. The van der Waals surface area contributed by atoms with Crippen LogP contribution in [0.25, 0.3) is 0 Å². The van der Waals surface area contributed by atoms with E-state index in [1.165, 1.54) is 0 Å². The summed E-state index contributed by atoms with van der Waals surface area (Å²) in [5.74, 6) is -0.207. The fraction of sp³-hybridized carbons (Fsp3) is 0.429. The highest BCUT2D eigenvalue weighted by molar-refractivity contribution is 9.10.